The van der Waals surface area contributed by atoms with E-state index in [-0.39, 0.29) is 0 Å². The van der Waals surface area contributed by atoms with Gasteiger partial charge in [0.1, 0.15) is 0 Å². The zero-order chi connectivity index (χ0) is 13.8. The Morgan fingerprint density at radius 2 is 1.95 bits per heavy atom. The van der Waals surface area contributed by atoms with Gasteiger partial charge >= 0.3 is 0 Å². The number of nitrogens with zero attached hydrogens (tertiary/aromatic N) is 2. The number of benzene rings is 1. The number of hydrogen-bond acceptors (Lipinski definition) is 2. The van der Waals surface area contributed by atoms with E-state index in [1.54, 1.807) is 0 Å². The molecule has 1 aromatic carbocycles. The standard InChI is InChI=1S/C17H23N3/c1-14(15-8-3-2-4-9-15)19-16-10-5-6-11-17(16)20-13-7-12-18-20/h5-7,10-15,19H,2-4,8-9H2,1H3. The third kappa shape index (κ3) is 2.87. The van der Waals surface area contributed by atoms with Crippen LogP contribution in [-0.2, 0) is 0 Å². The third-order valence-corrected chi connectivity index (χ3v) is 4.40. The Balaban J connectivity index is 1.77. The van der Waals surface area contributed by atoms with E-state index in [1.165, 1.54) is 37.8 Å². The number of rotatable bonds is 4. The molecule has 1 aliphatic rings. The Labute approximate surface area is 121 Å². The van der Waals surface area contributed by atoms with E-state index in [1.807, 2.05) is 23.1 Å². The van der Waals surface area contributed by atoms with Crippen molar-refractivity contribution in [3.8, 4) is 5.69 Å². The lowest BCUT2D eigenvalue weighted by Crippen LogP contribution is -2.28. The summed E-state index contributed by atoms with van der Waals surface area (Å²) in [7, 11) is 0. The predicted octanol–water partition coefficient (Wildman–Crippen LogP) is 4.25. The summed E-state index contributed by atoms with van der Waals surface area (Å²) in [4.78, 5) is 0. The normalized spacial score (nSPS) is 17.9. The minimum Gasteiger partial charge on any atom is -0.381 e. The van der Waals surface area contributed by atoms with Crippen LogP contribution in [0.3, 0.4) is 0 Å². The van der Waals surface area contributed by atoms with Crippen molar-refractivity contribution < 1.29 is 0 Å². The molecule has 3 rings (SSSR count). The van der Waals surface area contributed by atoms with E-state index in [0.29, 0.717) is 6.04 Å². The highest BCUT2D eigenvalue weighted by molar-refractivity contribution is 5.61. The molecule has 3 nitrogen and oxygen atoms in total. The summed E-state index contributed by atoms with van der Waals surface area (Å²) in [5, 5.41) is 8.05. The molecule has 0 radical (unpaired) electrons. The van der Waals surface area contributed by atoms with Gasteiger partial charge in [-0.05, 0) is 43.9 Å². The molecule has 106 valence electrons. The lowest BCUT2D eigenvalue weighted by Gasteiger charge is -2.29. The molecule has 2 aromatic rings. The molecule has 1 unspecified atom stereocenters. The topological polar surface area (TPSA) is 29.9 Å². The van der Waals surface area contributed by atoms with Gasteiger partial charge in [0.2, 0.25) is 0 Å². The van der Waals surface area contributed by atoms with Crippen LogP contribution in [0.2, 0.25) is 0 Å². The maximum Gasteiger partial charge on any atom is 0.0876 e. The molecular weight excluding hydrogens is 246 g/mol. The van der Waals surface area contributed by atoms with Gasteiger partial charge in [-0.15, -0.1) is 0 Å². The Morgan fingerprint density at radius 1 is 1.15 bits per heavy atom. The molecule has 1 atom stereocenters. The van der Waals surface area contributed by atoms with Crippen LogP contribution in [0.5, 0.6) is 0 Å². The van der Waals surface area contributed by atoms with Gasteiger partial charge in [-0.2, -0.15) is 5.10 Å². The minimum absolute atomic E-state index is 0.520. The van der Waals surface area contributed by atoms with Crippen LogP contribution in [0, 0.1) is 5.92 Å². The van der Waals surface area contributed by atoms with Crippen LogP contribution in [0.4, 0.5) is 5.69 Å². The molecule has 0 bridgehead atoms. The quantitative estimate of drug-likeness (QED) is 0.899. The van der Waals surface area contributed by atoms with Crippen molar-refractivity contribution in [3.63, 3.8) is 0 Å². The monoisotopic (exact) mass is 269 g/mol. The van der Waals surface area contributed by atoms with Crippen molar-refractivity contribution in [1.29, 1.82) is 0 Å². The first-order chi connectivity index (χ1) is 9.84. The molecule has 1 saturated carbocycles. The molecule has 20 heavy (non-hydrogen) atoms. The summed E-state index contributed by atoms with van der Waals surface area (Å²) in [6.07, 6.45) is 10.7. The number of anilines is 1. The van der Waals surface area contributed by atoms with E-state index in [2.05, 4.69) is 41.6 Å². The van der Waals surface area contributed by atoms with Gasteiger partial charge in [0.15, 0.2) is 0 Å². The maximum atomic E-state index is 4.34. The van der Waals surface area contributed by atoms with Crippen LogP contribution < -0.4 is 5.32 Å². The first-order valence-electron chi connectivity index (χ1n) is 7.70. The maximum absolute atomic E-state index is 4.34. The molecule has 1 N–H and O–H groups in total. The van der Waals surface area contributed by atoms with Gasteiger partial charge < -0.3 is 5.32 Å². The average molecular weight is 269 g/mol. The van der Waals surface area contributed by atoms with E-state index >= 15 is 0 Å². The SMILES string of the molecule is CC(Nc1ccccc1-n1cccn1)C1CCCCC1. The van der Waals surface area contributed by atoms with Crippen LogP contribution in [0.25, 0.3) is 5.69 Å². The zero-order valence-corrected chi connectivity index (χ0v) is 12.1. The fraction of sp³-hybridized carbons (Fsp3) is 0.471. The second kappa shape index (κ2) is 6.12. The van der Waals surface area contributed by atoms with Crippen molar-refractivity contribution in [2.24, 2.45) is 5.92 Å². The number of nitrogens with one attached hydrogen (secondary N) is 1. The molecule has 1 aromatic heterocycles. The summed E-state index contributed by atoms with van der Waals surface area (Å²) in [5.41, 5.74) is 2.30. The van der Waals surface area contributed by atoms with Crippen molar-refractivity contribution in [1.82, 2.24) is 9.78 Å². The Hall–Kier alpha value is -1.77. The second-order valence-corrected chi connectivity index (χ2v) is 5.80. The molecule has 0 amide bonds. The molecule has 1 fully saturated rings. The van der Waals surface area contributed by atoms with E-state index in [4.69, 9.17) is 0 Å². The smallest absolute Gasteiger partial charge is 0.0876 e. The van der Waals surface area contributed by atoms with Gasteiger partial charge in [-0.3, -0.25) is 0 Å². The second-order valence-electron chi connectivity index (χ2n) is 5.80. The summed E-state index contributed by atoms with van der Waals surface area (Å²) >= 11 is 0. The summed E-state index contributed by atoms with van der Waals surface area (Å²) < 4.78 is 1.93. The highest BCUT2D eigenvalue weighted by Crippen LogP contribution is 2.29. The average Bonchev–Trinajstić information content (AvgIpc) is 3.03. The fourth-order valence-electron chi connectivity index (χ4n) is 3.20. The number of aromatic nitrogens is 2. The van der Waals surface area contributed by atoms with Crippen molar-refractivity contribution >= 4 is 5.69 Å². The van der Waals surface area contributed by atoms with Crippen LogP contribution >= 0.6 is 0 Å². The highest BCUT2D eigenvalue weighted by atomic mass is 15.3. The van der Waals surface area contributed by atoms with Crippen molar-refractivity contribution in [2.45, 2.75) is 45.1 Å². The molecule has 1 heterocycles. The summed E-state index contributed by atoms with van der Waals surface area (Å²) in [5.74, 6) is 0.800. The van der Waals surface area contributed by atoms with E-state index in [9.17, 15) is 0 Å². The zero-order valence-electron chi connectivity index (χ0n) is 12.1. The van der Waals surface area contributed by atoms with E-state index in [0.717, 1.165) is 11.6 Å². The van der Waals surface area contributed by atoms with Gasteiger partial charge in [-0.1, -0.05) is 31.4 Å². The lowest BCUT2D eigenvalue weighted by atomic mass is 9.84. The van der Waals surface area contributed by atoms with Crippen molar-refractivity contribution in [3.05, 3.63) is 42.7 Å². The highest BCUT2D eigenvalue weighted by Gasteiger charge is 2.20. The van der Waals surface area contributed by atoms with Crippen LogP contribution in [0.1, 0.15) is 39.0 Å². The molecule has 0 spiro atoms. The third-order valence-electron chi connectivity index (χ3n) is 4.40. The summed E-state index contributed by atoms with van der Waals surface area (Å²) in [6, 6.07) is 10.9. The Kier molecular flexibility index (Phi) is 4.05. The Morgan fingerprint density at radius 3 is 2.70 bits per heavy atom. The first kappa shape index (κ1) is 13.2. The fourth-order valence-corrected chi connectivity index (χ4v) is 3.20. The molecule has 3 heteroatoms. The van der Waals surface area contributed by atoms with Crippen LogP contribution in [0.15, 0.2) is 42.7 Å². The Bertz CT molecular complexity index is 527. The predicted molar refractivity (Wildman–Crippen MR) is 83.2 cm³/mol. The van der Waals surface area contributed by atoms with Crippen molar-refractivity contribution in [2.75, 3.05) is 5.32 Å². The number of hydrogen-bond donors (Lipinski definition) is 1. The minimum atomic E-state index is 0.520. The van der Waals surface area contributed by atoms with Crippen LogP contribution in [-0.4, -0.2) is 15.8 Å². The van der Waals surface area contributed by atoms with E-state index < -0.39 is 0 Å². The van der Waals surface area contributed by atoms with Gasteiger partial charge in [0.25, 0.3) is 0 Å². The number of para-hydroxylation sites is 2. The van der Waals surface area contributed by atoms with Gasteiger partial charge in [0.05, 0.1) is 11.4 Å². The summed E-state index contributed by atoms with van der Waals surface area (Å²) in [6.45, 7) is 2.32. The van der Waals surface area contributed by atoms with Gasteiger partial charge in [-0.25, -0.2) is 4.68 Å². The molecule has 1 aliphatic carbocycles. The first-order valence-corrected chi connectivity index (χ1v) is 7.70. The molecule has 0 saturated heterocycles. The largest absolute Gasteiger partial charge is 0.381 e. The molecular formula is C17H23N3. The lowest BCUT2D eigenvalue weighted by molar-refractivity contribution is 0.328. The van der Waals surface area contributed by atoms with Gasteiger partial charge in [0, 0.05) is 18.4 Å². The molecule has 0 aliphatic heterocycles.